The number of aliphatic hydroxyl groups is 1. The average molecular weight is 305 g/mol. The lowest BCUT2D eigenvalue weighted by Crippen LogP contribution is -2.37. The molecule has 4 nitrogen and oxygen atoms in total. The van der Waals surface area contributed by atoms with E-state index in [-0.39, 0.29) is 11.9 Å². The monoisotopic (exact) mass is 305 g/mol. The lowest BCUT2D eigenvalue weighted by molar-refractivity contribution is 0.0684. The number of halogens is 1. The van der Waals surface area contributed by atoms with Crippen LogP contribution in [0, 0.1) is 11.7 Å². The van der Waals surface area contributed by atoms with Gasteiger partial charge in [-0.2, -0.15) is 0 Å². The predicted octanol–water partition coefficient (Wildman–Crippen LogP) is 2.79. The van der Waals surface area contributed by atoms with E-state index in [9.17, 15) is 9.50 Å². The third-order valence-electron chi connectivity index (χ3n) is 4.79. The number of piperidine rings is 1. The van der Waals surface area contributed by atoms with Gasteiger partial charge in [0, 0.05) is 12.6 Å². The smallest absolute Gasteiger partial charge is 0.125 e. The van der Waals surface area contributed by atoms with Gasteiger partial charge in [-0.15, -0.1) is 0 Å². The minimum Gasteiger partial charge on any atom is -0.393 e. The maximum absolute atomic E-state index is 13.4. The van der Waals surface area contributed by atoms with Crippen LogP contribution in [0.5, 0.6) is 0 Å². The highest BCUT2D eigenvalue weighted by Gasteiger charge is 2.23. The van der Waals surface area contributed by atoms with Crippen molar-refractivity contribution in [3.8, 4) is 0 Å². The molecule has 1 unspecified atom stereocenters. The number of imidazole rings is 1. The quantitative estimate of drug-likeness (QED) is 0.944. The Bertz CT molecular complexity index is 645. The summed E-state index contributed by atoms with van der Waals surface area (Å²) in [7, 11) is 0. The largest absolute Gasteiger partial charge is 0.393 e. The van der Waals surface area contributed by atoms with Gasteiger partial charge in [-0.05, 0) is 57.8 Å². The molecule has 1 N–H and O–H groups in total. The Balaban J connectivity index is 1.77. The molecule has 1 atom stereocenters. The molecule has 0 spiro atoms. The fourth-order valence-electron chi connectivity index (χ4n) is 3.42. The summed E-state index contributed by atoms with van der Waals surface area (Å²) in [5.41, 5.74) is 1.73. The van der Waals surface area contributed by atoms with E-state index >= 15 is 0 Å². The Morgan fingerprint density at radius 3 is 2.73 bits per heavy atom. The zero-order valence-electron chi connectivity index (χ0n) is 13.3. The van der Waals surface area contributed by atoms with Gasteiger partial charge in [-0.1, -0.05) is 0 Å². The number of aryl methyl sites for hydroxylation is 1. The van der Waals surface area contributed by atoms with E-state index < -0.39 is 0 Å². The third-order valence-corrected chi connectivity index (χ3v) is 4.79. The van der Waals surface area contributed by atoms with Crippen LogP contribution < -0.4 is 0 Å². The van der Waals surface area contributed by atoms with Crippen molar-refractivity contribution >= 4 is 11.0 Å². The number of fused-ring (bicyclic) bond motifs is 1. The number of hydrogen-bond acceptors (Lipinski definition) is 3. The number of benzene rings is 1. The first-order valence-corrected chi connectivity index (χ1v) is 8.13. The summed E-state index contributed by atoms with van der Waals surface area (Å²) in [5.74, 6) is 1.17. The highest BCUT2D eigenvalue weighted by molar-refractivity contribution is 5.76. The summed E-state index contributed by atoms with van der Waals surface area (Å²) >= 11 is 0. The number of nitrogens with zero attached hydrogens (tertiary/aromatic N) is 3. The van der Waals surface area contributed by atoms with Gasteiger partial charge in [0.1, 0.15) is 11.6 Å². The molecule has 1 saturated heterocycles. The maximum atomic E-state index is 13.4. The fraction of sp³-hybridized carbons (Fsp3) is 0.588. The maximum Gasteiger partial charge on any atom is 0.125 e. The van der Waals surface area contributed by atoms with Crippen LogP contribution in [0.2, 0.25) is 0 Å². The van der Waals surface area contributed by atoms with Crippen LogP contribution in [-0.4, -0.2) is 38.8 Å². The lowest BCUT2D eigenvalue weighted by Gasteiger charge is -2.33. The first-order chi connectivity index (χ1) is 10.6. The molecule has 0 bridgehead atoms. The minimum absolute atomic E-state index is 0.217. The molecular formula is C17H24FN3O. The first-order valence-electron chi connectivity index (χ1n) is 8.13. The van der Waals surface area contributed by atoms with Crippen LogP contribution in [0.25, 0.3) is 11.0 Å². The number of aliphatic hydroxyl groups excluding tert-OH is 1. The van der Waals surface area contributed by atoms with Crippen molar-refractivity contribution in [3.05, 3.63) is 29.8 Å². The average Bonchev–Trinajstić information content (AvgIpc) is 2.83. The molecule has 5 heteroatoms. The molecule has 0 saturated carbocycles. The van der Waals surface area contributed by atoms with Crippen LogP contribution >= 0.6 is 0 Å². The molecule has 1 aromatic carbocycles. The fourth-order valence-corrected chi connectivity index (χ4v) is 3.42. The van der Waals surface area contributed by atoms with Crippen LogP contribution in [0.15, 0.2) is 18.2 Å². The Morgan fingerprint density at radius 2 is 2.09 bits per heavy atom. The van der Waals surface area contributed by atoms with Crippen LogP contribution in [0.3, 0.4) is 0 Å². The number of rotatable bonds is 4. The van der Waals surface area contributed by atoms with Crippen molar-refractivity contribution in [2.75, 3.05) is 13.1 Å². The van der Waals surface area contributed by atoms with Gasteiger partial charge in [0.25, 0.3) is 0 Å². The van der Waals surface area contributed by atoms with E-state index in [0.29, 0.717) is 5.92 Å². The number of likely N-dealkylation sites (tertiary alicyclic amines) is 1. The van der Waals surface area contributed by atoms with Gasteiger partial charge < -0.3 is 9.67 Å². The van der Waals surface area contributed by atoms with Gasteiger partial charge in [-0.3, -0.25) is 4.90 Å². The Labute approximate surface area is 130 Å². The van der Waals surface area contributed by atoms with E-state index in [1.54, 1.807) is 0 Å². The standard InChI is InChI=1S/C17H24FN3O/c1-3-21-16-5-4-14(18)10-15(16)19-17(21)11-20-8-6-13(7-9-20)12(2)22/h4-5,10,12-13,22H,3,6-9,11H2,1-2H3. The summed E-state index contributed by atoms with van der Waals surface area (Å²) in [6.07, 6.45) is 1.84. The van der Waals surface area contributed by atoms with Crippen LogP contribution in [0.4, 0.5) is 4.39 Å². The molecule has 1 aliphatic heterocycles. The zero-order valence-corrected chi connectivity index (χ0v) is 13.3. The van der Waals surface area contributed by atoms with E-state index in [2.05, 4.69) is 21.4 Å². The molecule has 3 rings (SSSR count). The van der Waals surface area contributed by atoms with Gasteiger partial charge >= 0.3 is 0 Å². The molecule has 120 valence electrons. The Morgan fingerprint density at radius 1 is 1.36 bits per heavy atom. The highest BCUT2D eigenvalue weighted by Crippen LogP contribution is 2.23. The Kier molecular flexibility index (Phi) is 4.45. The molecule has 1 aliphatic rings. The van der Waals surface area contributed by atoms with Crippen molar-refractivity contribution in [1.82, 2.24) is 14.5 Å². The molecule has 2 heterocycles. The van der Waals surface area contributed by atoms with E-state index in [1.165, 1.54) is 12.1 Å². The number of aromatic nitrogens is 2. The van der Waals surface area contributed by atoms with Gasteiger partial charge in [0.05, 0.1) is 23.7 Å². The van der Waals surface area contributed by atoms with Gasteiger partial charge in [0.2, 0.25) is 0 Å². The predicted molar refractivity (Wildman–Crippen MR) is 85.0 cm³/mol. The van der Waals surface area contributed by atoms with E-state index in [4.69, 9.17) is 0 Å². The molecule has 1 aromatic heterocycles. The molecule has 0 radical (unpaired) electrons. The van der Waals surface area contributed by atoms with Crippen molar-refractivity contribution in [2.45, 2.75) is 45.9 Å². The number of hydrogen-bond donors (Lipinski definition) is 1. The molecule has 0 amide bonds. The van der Waals surface area contributed by atoms with Crippen molar-refractivity contribution in [1.29, 1.82) is 0 Å². The molecular weight excluding hydrogens is 281 g/mol. The summed E-state index contributed by atoms with van der Waals surface area (Å²) in [6, 6.07) is 4.81. The topological polar surface area (TPSA) is 41.3 Å². The van der Waals surface area contributed by atoms with Gasteiger partial charge in [0.15, 0.2) is 0 Å². The molecule has 2 aromatic rings. The van der Waals surface area contributed by atoms with E-state index in [1.807, 2.05) is 13.0 Å². The van der Waals surface area contributed by atoms with Crippen molar-refractivity contribution in [2.24, 2.45) is 5.92 Å². The molecule has 1 fully saturated rings. The molecule has 22 heavy (non-hydrogen) atoms. The zero-order chi connectivity index (χ0) is 15.7. The normalized spacial score (nSPS) is 18.9. The van der Waals surface area contributed by atoms with Gasteiger partial charge in [-0.25, -0.2) is 9.37 Å². The lowest BCUT2D eigenvalue weighted by atomic mass is 9.92. The van der Waals surface area contributed by atoms with Crippen LogP contribution in [-0.2, 0) is 13.1 Å². The summed E-state index contributed by atoms with van der Waals surface area (Å²) in [4.78, 5) is 7.00. The van der Waals surface area contributed by atoms with Crippen molar-refractivity contribution in [3.63, 3.8) is 0 Å². The second-order valence-corrected chi connectivity index (χ2v) is 6.26. The van der Waals surface area contributed by atoms with Crippen molar-refractivity contribution < 1.29 is 9.50 Å². The second-order valence-electron chi connectivity index (χ2n) is 6.26. The molecule has 0 aliphatic carbocycles. The highest BCUT2D eigenvalue weighted by atomic mass is 19.1. The first kappa shape index (κ1) is 15.4. The third kappa shape index (κ3) is 3.01. The Hall–Kier alpha value is -1.46. The summed E-state index contributed by atoms with van der Waals surface area (Å²) in [6.45, 7) is 7.56. The van der Waals surface area contributed by atoms with Crippen LogP contribution in [0.1, 0.15) is 32.5 Å². The summed E-state index contributed by atoms with van der Waals surface area (Å²) < 4.78 is 15.5. The SMILES string of the molecule is CCn1c(CN2CCC(C(C)O)CC2)nc2cc(F)ccc21. The van der Waals surface area contributed by atoms with E-state index in [0.717, 1.165) is 55.9 Å². The summed E-state index contributed by atoms with van der Waals surface area (Å²) in [5, 5.41) is 9.69. The second kappa shape index (κ2) is 6.34. The minimum atomic E-state index is -0.238.